The first-order valence-corrected chi connectivity index (χ1v) is 6.34. The van der Waals surface area contributed by atoms with Crippen molar-refractivity contribution in [1.29, 1.82) is 0 Å². The molecule has 2 rings (SSSR count). The first-order valence-electron chi connectivity index (χ1n) is 5.96. The van der Waals surface area contributed by atoms with E-state index in [0.29, 0.717) is 11.6 Å². The summed E-state index contributed by atoms with van der Waals surface area (Å²) in [5, 5.41) is 12.6. The van der Waals surface area contributed by atoms with Crippen molar-refractivity contribution in [3.8, 4) is 11.3 Å². The van der Waals surface area contributed by atoms with E-state index in [9.17, 15) is 0 Å². The lowest BCUT2D eigenvalue weighted by atomic mass is 10.2. The summed E-state index contributed by atoms with van der Waals surface area (Å²) >= 11 is 6.11. The maximum atomic E-state index is 8.67. The Morgan fingerprint density at radius 1 is 1.17 bits per heavy atom. The SMILES string of the molecule is OCCCNCc1ccc(-c2ccccc2Cl)o1. The Bertz CT molecular complexity index is 496. The smallest absolute Gasteiger partial charge is 0.135 e. The molecule has 2 aromatic rings. The number of hydrogen-bond donors (Lipinski definition) is 2. The second kappa shape index (κ2) is 6.59. The van der Waals surface area contributed by atoms with Crippen molar-refractivity contribution in [2.24, 2.45) is 0 Å². The van der Waals surface area contributed by atoms with Crippen molar-refractivity contribution in [2.75, 3.05) is 13.2 Å². The monoisotopic (exact) mass is 265 g/mol. The number of aliphatic hydroxyl groups is 1. The molecule has 0 aliphatic rings. The molecule has 1 aromatic heterocycles. The van der Waals surface area contributed by atoms with E-state index in [1.54, 1.807) is 0 Å². The summed E-state index contributed by atoms with van der Waals surface area (Å²) in [4.78, 5) is 0. The van der Waals surface area contributed by atoms with Crippen LogP contribution in [0.1, 0.15) is 12.2 Å². The normalized spacial score (nSPS) is 10.8. The van der Waals surface area contributed by atoms with E-state index in [-0.39, 0.29) is 6.61 Å². The molecule has 0 radical (unpaired) electrons. The molecule has 1 aromatic carbocycles. The van der Waals surface area contributed by atoms with Gasteiger partial charge in [0.15, 0.2) is 0 Å². The van der Waals surface area contributed by atoms with Crippen LogP contribution in [0, 0.1) is 0 Å². The van der Waals surface area contributed by atoms with Gasteiger partial charge in [0.1, 0.15) is 11.5 Å². The van der Waals surface area contributed by atoms with E-state index in [2.05, 4.69) is 5.32 Å². The van der Waals surface area contributed by atoms with Crippen molar-refractivity contribution >= 4 is 11.6 Å². The fourth-order valence-corrected chi connectivity index (χ4v) is 1.92. The van der Waals surface area contributed by atoms with Crippen molar-refractivity contribution in [3.63, 3.8) is 0 Å². The number of aliphatic hydroxyl groups excluding tert-OH is 1. The zero-order valence-corrected chi connectivity index (χ0v) is 10.8. The summed E-state index contributed by atoms with van der Waals surface area (Å²) in [6.45, 7) is 1.64. The molecule has 96 valence electrons. The van der Waals surface area contributed by atoms with Crippen molar-refractivity contribution in [3.05, 3.63) is 47.2 Å². The van der Waals surface area contributed by atoms with Crippen molar-refractivity contribution in [1.82, 2.24) is 5.32 Å². The first-order chi connectivity index (χ1) is 8.81. The van der Waals surface area contributed by atoms with Crippen LogP contribution in [0.2, 0.25) is 5.02 Å². The van der Waals surface area contributed by atoms with Crippen LogP contribution in [-0.4, -0.2) is 18.3 Å². The van der Waals surface area contributed by atoms with Crippen molar-refractivity contribution < 1.29 is 9.52 Å². The lowest BCUT2D eigenvalue weighted by Crippen LogP contribution is -2.15. The van der Waals surface area contributed by atoms with E-state index in [0.717, 1.165) is 30.0 Å². The fourth-order valence-electron chi connectivity index (χ4n) is 1.69. The third kappa shape index (κ3) is 3.35. The Kier molecular flexibility index (Phi) is 4.81. The quantitative estimate of drug-likeness (QED) is 0.789. The Hall–Kier alpha value is -1.29. The highest BCUT2D eigenvalue weighted by Crippen LogP contribution is 2.28. The highest BCUT2D eigenvalue weighted by atomic mass is 35.5. The van der Waals surface area contributed by atoms with E-state index >= 15 is 0 Å². The molecule has 4 heteroatoms. The van der Waals surface area contributed by atoms with Crippen LogP contribution in [-0.2, 0) is 6.54 Å². The summed E-state index contributed by atoms with van der Waals surface area (Å²) in [6.07, 6.45) is 0.748. The lowest BCUT2D eigenvalue weighted by Gasteiger charge is -2.01. The molecule has 0 saturated carbocycles. The van der Waals surface area contributed by atoms with Gasteiger partial charge in [-0.3, -0.25) is 0 Å². The summed E-state index contributed by atoms with van der Waals surface area (Å²) in [6, 6.07) is 11.5. The third-order valence-electron chi connectivity index (χ3n) is 2.61. The maximum absolute atomic E-state index is 8.67. The predicted molar refractivity (Wildman–Crippen MR) is 72.6 cm³/mol. The van der Waals surface area contributed by atoms with Gasteiger partial charge in [0.25, 0.3) is 0 Å². The van der Waals surface area contributed by atoms with Gasteiger partial charge in [-0.25, -0.2) is 0 Å². The number of nitrogens with one attached hydrogen (secondary N) is 1. The number of rotatable bonds is 6. The maximum Gasteiger partial charge on any atom is 0.135 e. The van der Waals surface area contributed by atoms with Crippen LogP contribution in [0.3, 0.4) is 0 Å². The molecule has 0 atom stereocenters. The number of benzene rings is 1. The molecule has 0 aliphatic carbocycles. The molecule has 0 amide bonds. The highest BCUT2D eigenvalue weighted by molar-refractivity contribution is 6.33. The molecule has 18 heavy (non-hydrogen) atoms. The standard InChI is InChI=1S/C14H16ClNO2/c15-13-5-2-1-4-12(13)14-7-6-11(18-14)10-16-8-3-9-17/h1-2,4-7,16-17H,3,8-10H2. The van der Waals surface area contributed by atoms with E-state index in [1.807, 2.05) is 36.4 Å². The fraction of sp³-hybridized carbons (Fsp3) is 0.286. The summed E-state index contributed by atoms with van der Waals surface area (Å²) < 4.78 is 5.72. The molecular weight excluding hydrogens is 250 g/mol. The van der Waals surface area contributed by atoms with Gasteiger partial charge < -0.3 is 14.8 Å². The van der Waals surface area contributed by atoms with E-state index < -0.39 is 0 Å². The average Bonchev–Trinajstić information content (AvgIpc) is 2.84. The van der Waals surface area contributed by atoms with Gasteiger partial charge in [0.05, 0.1) is 11.6 Å². The van der Waals surface area contributed by atoms with Crippen LogP contribution in [0.5, 0.6) is 0 Å². The van der Waals surface area contributed by atoms with Crippen LogP contribution in [0.15, 0.2) is 40.8 Å². The van der Waals surface area contributed by atoms with Gasteiger partial charge in [-0.05, 0) is 37.2 Å². The lowest BCUT2D eigenvalue weighted by molar-refractivity contribution is 0.285. The van der Waals surface area contributed by atoms with Gasteiger partial charge in [-0.15, -0.1) is 0 Å². The molecule has 0 unspecified atom stereocenters. The average molecular weight is 266 g/mol. The number of halogens is 1. The van der Waals surface area contributed by atoms with Crippen LogP contribution >= 0.6 is 11.6 Å². The van der Waals surface area contributed by atoms with Gasteiger partial charge in [0, 0.05) is 12.2 Å². The largest absolute Gasteiger partial charge is 0.460 e. The minimum Gasteiger partial charge on any atom is -0.460 e. The van der Waals surface area contributed by atoms with E-state index in [1.165, 1.54) is 0 Å². The topological polar surface area (TPSA) is 45.4 Å². The molecule has 2 N–H and O–H groups in total. The zero-order chi connectivity index (χ0) is 12.8. The molecule has 3 nitrogen and oxygen atoms in total. The molecule has 0 saturated heterocycles. The first kappa shape index (κ1) is 13.1. The zero-order valence-electron chi connectivity index (χ0n) is 10.0. The van der Waals surface area contributed by atoms with Gasteiger partial charge >= 0.3 is 0 Å². The second-order valence-corrected chi connectivity index (χ2v) is 4.41. The third-order valence-corrected chi connectivity index (χ3v) is 2.94. The molecule has 0 bridgehead atoms. The Balaban J connectivity index is 2.00. The summed E-state index contributed by atoms with van der Waals surface area (Å²) in [5.74, 6) is 1.64. The Morgan fingerprint density at radius 2 is 2.00 bits per heavy atom. The highest BCUT2D eigenvalue weighted by Gasteiger charge is 2.07. The van der Waals surface area contributed by atoms with Gasteiger partial charge in [0.2, 0.25) is 0 Å². The molecular formula is C14H16ClNO2. The van der Waals surface area contributed by atoms with Crippen LogP contribution in [0.4, 0.5) is 0 Å². The molecule has 1 heterocycles. The Morgan fingerprint density at radius 3 is 2.78 bits per heavy atom. The molecule has 0 aliphatic heterocycles. The van der Waals surface area contributed by atoms with Crippen molar-refractivity contribution in [2.45, 2.75) is 13.0 Å². The Labute approximate surface area is 111 Å². The summed E-state index contributed by atoms with van der Waals surface area (Å²) in [7, 11) is 0. The minimum atomic E-state index is 0.204. The van der Waals surface area contributed by atoms with Crippen LogP contribution < -0.4 is 5.32 Å². The second-order valence-electron chi connectivity index (χ2n) is 4.00. The molecule has 0 fully saturated rings. The van der Waals surface area contributed by atoms with Gasteiger partial charge in [-0.2, -0.15) is 0 Å². The van der Waals surface area contributed by atoms with Gasteiger partial charge in [-0.1, -0.05) is 23.7 Å². The number of hydrogen-bond acceptors (Lipinski definition) is 3. The molecule has 0 spiro atoms. The predicted octanol–water partition coefficient (Wildman–Crippen LogP) is 3.07. The summed E-state index contributed by atoms with van der Waals surface area (Å²) in [5.41, 5.74) is 0.903. The minimum absolute atomic E-state index is 0.204. The number of furan rings is 1. The van der Waals surface area contributed by atoms with Crippen LogP contribution in [0.25, 0.3) is 11.3 Å². The van der Waals surface area contributed by atoms with E-state index in [4.69, 9.17) is 21.1 Å².